The summed E-state index contributed by atoms with van der Waals surface area (Å²) >= 11 is 1.64. The molecule has 0 spiro atoms. The lowest BCUT2D eigenvalue weighted by Crippen LogP contribution is -2.43. The number of nitrogens with zero attached hydrogens (tertiary/aromatic N) is 3. The third-order valence-corrected chi connectivity index (χ3v) is 5.56. The van der Waals surface area contributed by atoms with Gasteiger partial charge in [0.2, 0.25) is 5.91 Å². The molecular weight excluding hydrogens is 350 g/mol. The van der Waals surface area contributed by atoms with Crippen molar-refractivity contribution in [1.82, 2.24) is 25.3 Å². The number of aromatic nitrogens is 2. The Hall–Kier alpha value is -2.35. The third-order valence-electron chi connectivity index (χ3n) is 4.68. The maximum absolute atomic E-state index is 12.4. The van der Waals surface area contributed by atoms with Crippen molar-refractivity contribution >= 4 is 23.3 Å². The average molecular weight is 373 g/mol. The van der Waals surface area contributed by atoms with Crippen LogP contribution in [0.25, 0.3) is 0 Å². The number of carbonyl (C=O) groups excluding carboxylic acids is 2. The van der Waals surface area contributed by atoms with Gasteiger partial charge in [0.05, 0.1) is 31.0 Å². The molecule has 1 aliphatic heterocycles. The first kappa shape index (κ1) is 17.1. The van der Waals surface area contributed by atoms with Gasteiger partial charge in [-0.3, -0.25) is 9.48 Å². The van der Waals surface area contributed by atoms with Crippen LogP contribution in [-0.2, 0) is 30.8 Å². The number of hydrogen-bond acceptors (Lipinski definition) is 4. The zero-order valence-electron chi connectivity index (χ0n) is 14.6. The van der Waals surface area contributed by atoms with E-state index < -0.39 is 0 Å². The van der Waals surface area contributed by atoms with E-state index in [0.29, 0.717) is 45.1 Å². The molecular formula is C18H23N5O2S. The minimum Gasteiger partial charge on any atom is -0.353 e. The Morgan fingerprint density at radius 1 is 1.31 bits per heavy atom. The molecule has 4 rings (SSSR count). The lowest BCUT2D eigenvalue weighted by Gasteiger charge is -2.27. The van der Waals surface area contributed by atoms with E-state index in [1.165, 1.54) is 0 Å². The van der Waals surface area contributed by atoms with Gasteiger partial charge in [0.1, 0.15) is 0 Å². The molecule has 1 fully saturated rings. The molecule has 0 saturated heterocycles. The number of rotatable bonds is 6. The van der Waals surface area contributed by atoms with Gasteiger partial charge < -0.3 is 15.5 Å². The first-order valence-electron chi connectivity index (χ1n) is 9.07. The van der Waals surface area contributed by atoms with Crippen molar-refractivity contribution in [3.05, 3.63) is 39.8 Å². The molecule has 0 bridgehead atoms. The van der Waals surface area contributed by atoms with Crippen molar-refractivity contribution in [3.8, 4) is 0 Å². The Morgan fingerprint density at radius 3 is 2.96 bits per heavy atom. The van der Waals surface area contributed by atoms with Crippen LogP contribution in [0.3, 0.4) is 0 Å². The Labute approximate surface area is 156 Å². The van der Waals surface area contributed by atoms with E-state index in [0.717, 1.165) is 29.1 Å². The number of nitrogens with one attached hydrogen (secondary N) is 2. The van der Waals surface area contributed by atoms with Gasteiger partial charge in [-0.2, -0.15) is 5.10 Å². The monoisotopic (exact) mass is 373 g/mol. The van der Waals surface area contributed by atoms with Gasteiger partial charge in [-0.25, -0.2) is 4.79 Å². The number of amides is 3. The predicted molar refractivity (Wildman–Crippen MR) is 98.7 cm³/mol. The summed E-state index contributed by atoms with van der Waals surface area (Å²) in [5.74, 6) is 0.105. The Bertz CT molecular complexity index is 782. The van der Waals surface area contributed by atoms with E-state index in [1.807, 2.05) is 33.2 Å². The highest BCUT2D eigenvalue weighted by molar-refractivity contribution is 7.09. The van der Waals surface area contributed by atoms with Crippen LogP contribution in [-0.4, -0.2) is 39.2 Å². The molecule has 138 valence electrons. The maximum atomic E-state index is 12.4. The molecule has 0 atom stereocenters. The van der Waals surface area contributed by atoms with Crippen LogP contribution in [0.4, 0.5) is 4.79 Å². The SMILES string of the molecule is O=C(CCc1cc2n(n1)CCN(C(=O)NCc1cccs1)C2)NC1CC1. The van der Waals surface area contributed by atoms with Crippen LogP contribution >= 0.6 is 11.3 Å². The van der Waals surface area contributed by atoms with Crippen LogP contribution in [0.15, 0.2) is 23.6 Å². The second-order valence-electron chi connectivity index (χ2n) is 6.85. The van der Waals surface area contributed by atoms with Gasteiger partial charge in [-0.05, 0) is 30.4 Å². The molecule has 2 aliphatic rings. The molecule has 1 saturated carbocycles. The minimum absolute atomic E-state index is 0.0452. The number of hydrogen-bond donors (Lipinski definition) is 2. The van der Waals surface area contributed by atoms with E-state index >= 15 is 0 Å². The summed E-state index contributed by atoms with van der Waals surface area (Å²) in [4.78, 5) is 27.1. The lowest BCUT2D eigenvalue weighted by atomic mass is 10.2. The molecule has 0 aromatic carbocycles. The summed E-state index contributed by atoms with van der Waals surface area (Å²) in [6.45, 7) is 2.45. The molecule has 7 nitrogen and oxygen atoms in total. The lowest BCUT2D eigenvalue weighted by molar-refractivity contribution is -0.121. The minimum atomic E-state index is -0.0452. The van der Waals surface area contributed by atoms with E-state index in [9.17, 15) is 9.59 Å². The summed E-state index contributed by atoms with van der Waals surface area (Å²) in [5, 5.41) is 12.6. The van der Waals surface area contributed by atoms with Gasteiger partial charge in [0, 0.05) is 30.3 Å². The van der Waals surface area contributed by atoms with Crippen LogP contribution < -0.4 is 10.6 Å². The number of carbonyl (C=O) groups is 2. The fourth-order valence-corrected chi connectivity index (χ4v) is 3.72. The molecule has 2 N–H and O–H groups in total. The summed E-state index contributed by atoms with van der Waals surface area (Å²) in [6, 6.07) is 6.37. The predicted octanol–water partition coefficient (Wildman–Crippen LogP) is 1.88. The van der Waals surface area contributed by atoms with Crippen molar-refractivity contribution in [2.75, 3.05) is 6.54 Å². The quantitative estimate of drug-likeness (QED) is 0.811. The van der Waals surface area contributed by atoms with Gasteiger partial charge in [0.25, 0.3) is 0 Å². The zero-order chi connectivity index (χ0) is 17.9. The number of urea groups is 1. The first-order chi connectivity index (χ1) is 12.7. The first-order valence-corrected chi connectivity index (χ1v) is 9.95. The maximum Gasteiger partial charge on any atom is 0.318 e. The normalized spacial score (nSPS) is 16.2. The molecule has 0 unspecified atom stereocenters. The Kier molecular flexibility index (Phi) is 4.92. The van der Waals surface area contributed by atoms with Crippen molar-refractivity contribution in [2.45, 2.75) is 51.4 Å². The number of aryl methyl sites for hydroxylation is 1. The van der Waals surface area contributed by atoms with Crippen molar-refractivity contribution < 1.29 is 9.59 Å². The fourth-order valence-electron chi connectivity index (χ4n) is 3.08. The second kappa shape index (κ2) is 7.49. The van der Waals surface area contributed by atoms with Gasteiger partial charge in [0.15, 0.2) is 0 Å². The molecule has 2 aromatic heterocycles. The molecule has 3 amide bonds. The molecule has 0 radical (unpaired) electrons. The van der Waals surface area contributed by atoms with E-state index in [4.69, 9.17) is 0 Å². The highest BCUT2D eigenvalue weighted by atomic mass is 32.1. The number of fused-ring (bicyclic) bond motifs is 1. The van der Waals surface area contributed by atoms with Crippen LogP contribution in [0.1, 0.15) is 35.5 Å². The number of thiophene rings is 1. The van der Waals surface area contributed by atoms with Crippen molar-refractivity contribution in [2.24, 2.45) is 0 Å². The van der Waals surface area contributed by atoms with Gasteiger partial charge in [-0.15, -0.1) is 11.3 Å². The molecule has 1 aliphatic carbocycles. The standard InChI is InChI=1S/C18H23N5O2S/c24-17(20-13-3-4-13)6-5-14-10-15-12-22(7-8-23(15)21-14)18(25)19-11-16-2-1-9-26-16/h1-2,9-10,13H,3-8,11-12H2,(H,19,25)(H,20,24). The van der Waals surface area contributed by atoms with Crippen molar-refractivity contribution in [3.63, 3.8) is 0 Å². The molecule has 26 heavy (non-hydrogen) atoms. The largest absolute Gasteiger partial charge is 0.353 e. The molecule has 2 aromatic rings. The molecule has 3 heterocycles. The second-order valence-corrected chi connectivity index (χ2v) is 7.88. The highest BCUT2D eigenvalue weighted by Gasteiger charge is 2.24. The Morgan fingerprint density at radius 2 is 2.19 bits per heavy atom. The summed E-state index contributed by atoms with van der Waals surface area (Å²) in [6.07, 6.45) is 3.32. The van der Waals surface area contributed by atoms with E-state index in [2.05, 4.69) is 15.7 Å². The third kappa shape index (κ3) is 4.24. The highest BCUT2D eigenvalue weighted by Crippen LogP contribution is 2.19. The van der Waals surface area contributed by atoms with Crippen molar-refractivity contribution in [1.29, 1.82) is 0 Å². The topological polar surface area (TPSA) is 79.3 Å². The summed E-state index contributed by atoms with van der Waals surface area (Å²) in [5.41, 5.74) is 1.95. The van der Waals surface area contributed by atoms with Gasteiger partial charge >= 0.3 is 6.03 Å². The Balaban J connectivity index is 1.28. The zero-order valence-corrected chi connectivity index (χ0v) is 15.4. The summed E-state index contributed by atoms with van der Waals surface area (Å²) < 4.78 is 1.96. The van der Waals surface area contributed by atoms with E-state index in [1.54, 1.807) is 11.3 Å². The van der Waals surface area contributed by atoms with Gasteiger partial charge in [-0.1, -0.05) is 6.07 Å². The van der Waals surface area contributed by atoms with E-state index in [-0.39, 0.29) is 11.9 Å². The van der Waals surface area contributed by atoms with Crippen LogP contribution in [0, 0.1) is 0 Å². The fraction of sp³-hybridized carbons (Fsp3) is 0.500. The average Bonchev–Trinajstić information content (AvgIpc) is 3.14. The summed E-state index contributed by atoms with van der Waals surface area (Å²) in [7, 11) is 0. The van der Waals surface area contributed by atoms with Crippen LogP contribution in [0.2, 0.25) is 0 Å². The van der Waals surface area contributed by atoms with Crippen LogP contribution in [0.5, 0.6) is 0 Å². The smallest absolute Gasteiger partial charge is 0.318 e. The molecule has 8 heteroatoms.